The summed E-state index contributed by atoms with van der Waals surface area (Å²) < 4.78 is 5.53. The van der Waals surface area contributed by atoms with E-state index in [1.165, 1.54) is 19.3 Å². The Balaban J connectivity index is 1.92. The molecule has 2 fully saturated rings. The van der Waals surface area contributed by atoms with E-state index in [0.717, 1.165) is 57.8 Å². The summed E-state index contributed by atoms with van der Waals surface area (Å²) in [6, 6.07) is 1.10. The highest BCUT2D eigenvalue weighted by Gasteiger charge is 2.32. The van der Waals surface area contributed by atoms with Crippen LogP contribution in [0, 0.1) is 11.8 Å². The first-order valence-corrected chi connectivity index (χ1v) is 10.5. The monoisotopic (exact) mass is 367 g/mol. The van der Waals surface area contributed by atoms with Gasteiger partial charge in [0.2, 0.25) is 0 Å². The van der Waals surface area contributed by atoms with Crippen molar-refractivity contribution in [3.63, 3.8) is 0 Å². The molecule has 2 unspecified atom stereocenters. The van der Waals surface area contributed by atoms with Crippen LogP contribution in [-0.2, 0) is 4.74 Å². The van der Waals surface area contributed by atoms with Crippen molar-refractivity contribution in [2.24, 2.45) is 16.8 Å². The zero-order valence-electron chi connectivity index (χ0n) is 17.6. The van der Waals surface area contributed by atoms with Gasteiger partial charge in [-0.05, 0) is 52.1 Å². The first kappa shape index (κ1) is 21.5. The predicted molar refractivity (Wildman–Crippen MR) is 110 cm³/mol. The quantitative estimate of drug-likeness (QED) is 0.454. The minimum atomic E-state index is 0.502. The SMILES string of the molecule is CCNC(=NCC(CC(C)C)N1CCOCC1)NCC(C1CC1)N(C)C. The van der Waals surface area contributed by atoms with Gasteiger partial charge in [-0.15, -0.1) is 0 Å². The molecule has 0 amide bonds. The molecule has 0 aromatic carbocycles. The Morgan fingerprint density at radius 3 is 2.42 bits per heavy atom. The lowest BCUT2D eigenvalue weighted by molar-refractivity contribution is 0.0143. The van der Waals surface area contributed by atoms with E-state index in [4.69, 9.17) is 9.73 Å². The number of guanidine groups is 1. The standard InChI is InChI=1S/C20H41N5O/c1-6-21-20(23-15-19(24(4)5)17-7-8-17)22-14-18(13-16(2)3)25-9-11-26-12-10-25/h16-19H,6-15H2,1-5H3,(H2,21,22,23). The molecule has 1 saturated heterocycles. The summed E-state index contributed by atoms with van der Waals surface area (Å²) in [5, 5.41) is 7.01. The fourth-order valence-corrected chi connectivity index (χ4v) is 3.82. The molecular weight excluding hydrogens is 326 g/mol. The Bertz CT molecular complexity index is 414. The second kappa shape index (κ2) is 11.1. The van der Waals surface area contributed by atoms with Crippen molar-refractivity contribution in [2.75, 3.05) is 60.0 Å². The Hall–Kier alpha value is -0.850. The lowest BCUT2D eigenvalue weighted by atomic mass is 10.0. The minimum Gasteiger partial charge on any atom is -0.379 e. The van der Waals surface area contributed by atoms with Crippen LogP contribution in [0.15, 0.2) is 4.99 Å². The first-order valence-electron chi connectivity index (χ1n) is 10.5. The lowest BCUT2D eigenvalue weighted by Gasteiger charge is -2.34. The Morgan fingerprint density at radius 2 is 1.88 bits per heavy atom. The van der Waals surface area contributed by atoms with Crippen LogP contribution in [0.3, 0.4) is 0 Å². The molecule has 1 heterocycles. The number of hydrogen-bond donors (Lipinski definition) is 2. The predicted octanol–water partition coefficient (Wildman–Crippen LogP) is 1.63. The smallest absolute Gasteiger partial charge is 0.191 e. The molecule has 2 rings (SSSR count). The average Bonchev–Trinajstić information content (AvgIpc) is 3.43. The molecule has 0 aromatic heterocycles. The summed E-state index contributed by atoms with van der Waals surface area (Å²) in [6.07, 6.45) is 3.92. The maximum absolute atomic E-state index is 5.53. The largest absolute Gasteiger partial charge is 0.379 e. The molecule has 1 aliphatic carbocycles. The molecule has 0 spiro atoms. The third-order valence-corrected chi connectivity index (χ3v) is 5.42. The van der Waals surface area contributed by atoms with Gasteiger partial charge < -0.3 is 20.3 Å². The summed E-state index contributed by atoms with van der Waals surface area (Å²) >= 11 is 0. The molecule has 2 N–H and O–H groups in total. The summed E-state index contributed by atoms with van der Waals surface area (Å²) in [4.78, 5) is 9.86. The molecular formula is C20H41N5O. The number of nitrogens with zero attached hydrogens (tertiary/aromatic N) is 3. The molecule has 6 nitrogen and oxygen atoms in total. The number of rotatable bonds is 10. The topological polar surface area (TPSA) is 52.1 Å². The van der Waals surface area contributed by atoms with Crippen LogP contribution in [0.1, 0.15) is 40.0 Å². The van der Waals surface area contributed by atoms with Crippen LogP contribution < -0.4 is 10.6 Å². The summed E-state index contributed by atoms with van der Waals surface area (Å²) in [7, 11) is 4.37. The molecule has 0 bridgehead atoms. The van der Waals surface area contributed by atoms with Crippen LogP contribution in [0.4, 0.5) is 0 Å². The fourth-order valence-electron chi connectivity index (χ4n) is 3.82. The van der Waals surface area contributed by atoms with Crippen molar-refractivity contribution in [1.29, 1.82) is 0 Å². The van der Waals surface area contributed by atoms with Crippen molar-refractivity contribution in [3.05, 3.63) is 0 Å². The van der Waals surface area contributed by atoms with Gasteiger partial charge in [-0.1, -0.05) is 13.8 Å². The van der Waals surface area contributed by atoms with Gasteiger partial charge in [-0.25, -0.2) is 0 Å². The van der Waals surface area contributed by atoms with Crippen LogP contribution in [0.2, 0.25) is 0 Å². The van der Waals surface area contributed by atoms with Gasteiger partial charge in [0.15, 0.2) is 5.96 Å². The molecule has 0 radical (unpaired) electrons. The molecule has 152 valence electrons. The lowest BCUT2D eigenvalue weighted by Crippen LogP contribution is -2.48. The summed E-state index contributed by atoms with van der Waals surface area (Å²) in [6.45, 7) is 13.2. The second-order valence-corrected chi connectivity index (χ2v) is 8.40. The average molecular weight is 368 g/mol. The van der Waals surface area contributed by atoms with Gasteiger partial charge in [0, 0.05) is 38.3 Å². The maximum atomic E-state index is 5.53. The van der Waals surface area contributed by atoms with E-state index in [9.17, 15) is 0 Å². The molecule has 1 saturated carbocycles. The van der Waals surface area contributed by atoms with E-state index in [1.807, 2.05) is 0 Å². The Morgan fingerprint density at radius 1 is 1.19 bits per heavy atom. The summed E-state index contributed by atoms with van der Waals surface area (Å²) in [5.74, 6) is 2.49. The van der Waals surface area contributed by atoms with Gasteiger partial charge in [0.25, 0.3) is 0 Å². The van der Waals surface area contributed by atoms with Crippen LogP contribution in [0.25, 0.3) is 0 Å². The normalized spacial score (nSPS) is 21.9. The fraction of sp³-hybridized carbons (Fsp3) is 0.950. The molecule has 2 aliphatic rings. The van der Waals surface area contributed by atoms with E-state index in [1.54, 1.807) is 0 Å². The second-order valence-electron chi connectivity index (χ2n) is 8.40. The van der Waals surface area contributed by atoms with Gasteiger partial charge in [-0.2, -0.15) is 0 Å². The van der Waals surface area contributed by atoms with Gasteiger partial charge in [0.1, 0.15) is 0 Å². The summed E-state index contributed by atoms with van der Waals surface area (Å²) in [5.41, 5.74) is 0. The number of morpholine rings is 1. The molecule has 0 aromatic rings. The zero-order chi connectivity index (χ0) is 18.9. The zero-order valence-corrected chi connectivity index (χ0v) is 17.6. The van der Waals surface area contributed by atoms with Crippen LogP contribution in [0.5, 0.6) is 0 Å². The van der Waals surface area contributed by atoms with Crippen LogP contribution in [-0.4, -0.2) is 87.9 Å². The third kappa shape index (κ3) is 7.41. The minimum absolute atomic E-state index is 0.502. The van der Waals surface area contributed by atoms with Crippen molar-refractivity contribution in [3.8, 4) is 0 Å². The Kier molecular flexibility index (Phi) is 9.16. The van der Waals surface area contributed by atoms with Gasteiger partial charge in [-0.3, -0.25) is 9.89 Å². The van der Waals surface area contributed by atoms with E-state index < -0.39 is 0 Å². The van der Waals surface area contributed by atoms with Crippen molar-refractivity contribution >= 4 is 5.96 Å². The highest BCUT2D eigenvalue weighted by atomic mass is 16.5. The number of hydrogen-bond acceptors (Lipinski definition) is 4. The maximum Gasteiger partial charge on any atom is 0.191 e. The highest BCUT2D eigenvalue weighted by molar-refractivity contribution is 5.79. The first-order chi connectivity index (χ1) is 12.5. The van der Waals surface area contributed by atoms with E-state index in [2.05, 4.69) is 55.3 Å². The van der Waals surface area contributed by atoms with Gasteiger partial charge in [0.05, 0.1) is 19.8 Å². The molecule has 1 aliphatic heterocycles. The number of ether oxygens (including phenoxy) is 1. The molecule has 2 atom stereocenters. The van der Waals surface area contributed by atoms with Gasteiger partial charge >= 0.3 is 0 Å². The van der Waals surface area contributed by atoms with Crippen molar-refractivity contribution in [2.45, 2.75) is 52.1 Å². The highest BCUT2D eigenvalue weighted by Crippen LogP contribution is 2.34. The van der Waals surface area contributed by atoms with Crippen molar-refractivity contribution < 1.29 is 4.74 Å². The van der Waals surface area contributed by atoms with Crippen LogP contribution >= 0.6 is 0 Å². The van der Waals surface area contributed by atoms with E-state index in [0.29, 0.717) is 18.0 Å². The number of aliphatic imine (C=N–C) groups is 1. The number of nitrogens with one attached hydrogen (secondary N) is 2. The molecule has 6 heteroatoms. The number of likely N-dealkylation sites (N-methyl/N-ethyl adjacent to an activating group) is 1. The Labute approximate surface area is 160 Å². The van der Waals surface area contributed by atoms with E-state index in [-0.39, 0.29) is 0 Å². The van der Waals surface area contributed by atoms with Crippen molar-refractivity contribution in [1.82, 2.24) is 20.4 Å². The third-order valence-electron chi connectivity index (χ3n) is 5.42. The molecule has 26 heavy (non-hydrogen) atoms. The van der Waals surface area contributed by atoms with E-state index >= 15 is 0 Å².